The highest BCUT2D eigenvalue weighted by Crippen LogP contribution is 2.25. The van der Waals surface area contributed by atoms with Crippen molar-refractivity contribution in [3.8, 4) is 0 Å². The molecule has 1 aromatic carbocycles. The smallest absolute Gasteiger partial charge is 0.337 e. The average Bonchev–Trinajstić information content (AvgIpc) is 2.30. The van der Waals surface area contributed by atoms with Crippen LogP contribution in [0.4, 0.5) is 10.1 Å². The first kappa shape index (κ1) is 11.9. The highest BCUT2D eigenvalue weighted by molar-refractivity contribution is 5.94. The first-order valence-corrected chi connectivity index (χ1v) is 5.55. The zero-order valence-electron chi connectivity index (χ0n) is 9.69. The minimum absolute atomic E-state index is 0.0366. The zero-order valence-corrected chi connectivity index (χ0v) is 9.69. The number of halogens is 1. The summed E-state index contributed by atoms with van der Waals surface area (Å²) in [6.45, 7) is 2.93. The predicted molar refractivity (Wildman–Crippen MR) is 63.1 cm³/mol. The number of carboxylic acids is 1. The van der Waals surface area contributed by atoms with Crippen LogP contribution in [0.15, 0.2) is 18.2 Å². The third kappa shape index (κ3) is 2.39. The maximum absolute atomic E-state index is 13.8. The van der Waals surface area contributed by atoms with E-state index in [9.17, 15) is 9.18 Å². The maximum Gasteiger partial charge on any atom is 0.337 e. The van der Waals surface area contributed by atoms with Gasteiger partial charge in [-0.15, -0.1) is 0 Å². The van der Waals surface area contributed by atoms with E-state index in [1.807, 2.05) is 7.05 Å². The topological polar surface area (TPSA) is 43.8 Å². The lowest BCUT2D eigenvalue weighted by molar-refractivity contribution is 0.0697. The monoisotopic (exact) mass is 238 g/mol. The van der Waals surface area contributed by atoms with Gasteiger partial charge in [0, 0.05) is 26.2 Å². The molecule has 1 saturated heterocycles. The number of carboxylic acid groups (broad SMARTS) is 1. The van der Waals surface area contributed by atoms with E-state index in [1.54, 1.807) is 4.90 Å². The van der Waals surface area contributed by atoms with E-state index in [2.05, 4.69) is 4.90 Å². The van der Waals surface area contributed by atoms with Crippen molar-refractivity contribution in [2.75, 3.05) is 38.1 Å². The Balaban J connectivity index is 2.33. The molecule has 0 saturated carbocycles. The van der Waals surface area contributed by atoms with Crippen molar-refractivity contribution in [1.82, 2.24) is 4.90 Å². The van der Waals surface area contributed by atoms with E-state index in [-0.39, 0.29) is 11.3 Å². The number of hydrogen-bond acceptors (Lipinski definition) is 3. The van der Waals surface area contributed by atoms with Crippen LogP contribution in [0.1, 0.15) is 10.4 Å². The van der Waals surface area contributed by atoms with E-state index in [4.69, 9.17) is 5.11 Å². The number of aromatic carboxylic acids is 1. The highest BCUT2D eigenvalue weighted by Gasteiger charge is 2.22. The molecule has 4 nitrogen and oxygen atoms in total. The van der Waals surface area contributed by atoms with Crippen LogP contribution in [0.5, 0.6) is 0 Å². The van der Waals surface area contributed by atoms with Crippen molar-refractivity contribution < 1.29 is 14.3 Å². The van der Waals surface area contributed by atoms with E-state index >= 15 is 0 Å². The predicted octanol–water partition coefficient (Wildman–Crippen LogP) is 1.28. The number of piperazine rings is 1. The third-order valence-electron chi connectivity index (χ3n) is 3.04. The Hall–Kier alpha value is -1.62. The molecule has 1 N–H and O–H groups in total. The second-order valence-corrected chi connectivity index (χ2v) is 4.23. The summed E-state index contributed by atoms with van der Waals surface area (Å²) in [4.78, 5) is 15.0. The number of likely N-dealkylation sites (N-methyl/N-ethyl adjacent to an activating group) is 1. The van der Waals surface area contributed by atoms with Gasteiger partial charge in [-0.25, -0.2) is 9.18 Å². The van der Waals surface area contributed by atoms with E-state index in [1.165, 1.54) is 18.2 Å². The van der Waals surface area contributed by atoms with E-state index in [0.29, 0.717) is 13.1 Å². The molecule has 0 unspecified atom stereocenters. The molecular formula is C12H15FN2O2. The largest absolute Gasteiger partial charge is 0.478 e. The van der Waals surface area contributed by atoms with Gasteiger partial charge in [0.25, 0.3) is 0 Å². The number of benzene rings is 1. The van der Waals surface area contributed by atoms with Crippen LogP contribution < -0.4 is 4.90 Å². The lowest BCUT2D eigenvalue weighted by Gasteiger charge is -2.34. The van der Waals surface area contributed by atoms with Crippen molar-refractivity contribution >= 4 is 11.7 Å². The Bertz CT molecular complexity index is 429. The van der Waals surface area contributed by atoms with Crippen molar-refractivity contribution in [1.29, 1.82) is 0 Å². The number of anilines is 1. The molecule has 17 heavy (non-hydrogen) atoms. The first-order valence-electron chi connectivity index (χ1n) is 5.55. The van der Waals surface area contributed by atoms with Gasteiger partial charge in [0.15, 0.2) is 0 Å². The van der Waals surface area contributed by atoms with Gasteiger partial charge in [-0.3, -0.25) is 0 Å². The molecule has 1 fully saturated rings. The number of hydrogen-bond donors (Lipinski definition) is 1. The molecule has 2 rings (SSSR count). The Morgan fingerprint density at radius 3 is 2.53 bits per heavy atom. The summed E-state index contributed by atoms with van der Waals surface area (Å²) in [7, 11) is 2.00. The van der Waals surface area contributed by atoms with Crippen LogP contribution in [-0.2, 0) is 0 Å². The van der Waals surface area contributed by atoms with Gasteiger partial charge >= 0.3 is 5.97 Å². The summed E-state index contributed by atoms with van der Waals surface area (Å²) in [6.07, 6.45) is 0. The van der Waals surface area contributed by atoms with Gasteiger partial charge in [0.2, 0.25) is 0 Å². The number of para-hydroxylation sites is 1. The zero-order chi connectivity index (χ0) is 12.4. The maximum atomic E-state index is 13.8. The Morgan fingerprint density at radius 2 is 1.94 bits per heavy atom. The van der Waals surface area contributed by atoms with E-state index in [0.717, 1.165) is 13.1 Å². The molecule has 0 amide bonds. The molecule has 0 aliphatic carbocycles. The standard InChI is InChI=1S/C12H15FN2O2/c1-14-5-7-15(8-6-14)11-9(12(16)17)3-2-4-10(11)13/h2-4H,5-8H2,1H3,(H,16,17). The summed E-state index contributed by atoms with van der Waals surface area (Å²) in [5.74, 6) is -1.55. The van der Waals surface area contributed by atoms with Crippen molar-refractivity contribution in [2.45, 2.75) is 0 Å². The fraction of sp³-hybridized carbons (Fsp3) is 0.417. The average molecular weight is 238 g/mol. The minimum atomic E-state index is -1.08. The Kier molecular flexibility index (Phi) is 3.28. The van der Waals surface area contributed by atoms with Gasteiger partial charge in [0.05, 0.1) is 11.3 Å². The molecule has 0 aromatic heterocycles. The number of nitrogens with zero attached hydrogens (tertiary/aromatic N) is 2. The van der Waals surface area contributed by atoms with Crippen molar-refractivity contribution in [3.63, 3.8) is 0 Å². The first-order chi connectivity index (χ1) is 8.09. The van der Waals surface area contributed by atoms with E-state index < -0.39 is 11.8 Å². The molecule has 1 heterocycles. The van der Waals surface area contributed by atoms with Gasteiger partial charge in [0.1, 0.15) is 5.82 Å². The second kappa shape index (κ2) is 4.71. The molecule has 1 aliphatic heterocycles. The normalized spacial score (nSPS) is 17.2. The molecule has 92 valence electrons. The van der Waals surface area contributed by atoms with Gasteiger partial charge in [-0.05, 0) is 19.2 Å². The lowest BCUT2D eigenvalue weighted by atomic mass is 10.1. The summed E-state index contributed by atoms with van der Waals surface area (Å²) in [5.41, 5.74) is 0.252. The highest BCUT2D eigenvalue weighted by atomic mass is 19.1. The molecule has 1 aliphatic rings. The SMILES string of the molecule is CN1CCN(c2c(F)cccc2C(=O)O)CC1. The van der Waals surface area contributed by atoms with Crippen LogP contribution in [0.25, 0.3) is 0 Å². The third-order valence-corrected chi connectivity index (χ3v) is 3.04. The lowest BCUT2D eigenvalue weighted by Crippen LogP contribution is -2.45. The second-order valence-electron chi connectivity index (χ2n) is 4.23. The number of rotatable bonds is 2. The van der Waals surface area contributed by atoms with Crippen LogP contribution in [-0.4, -0.2) is 49.2 Å². The quantitative estimate of drug-likeness (QED) is 0.842. The molecule has 0 bridgehead atoms. The molecule has 1 aromatic rings. The van der Waals surface area contributed by atoms with Gasteiger partial charge < -0.3 is 14.9 Å². The molecule has 5 heteroatoms. The van der Waals surface area contributed by atoms with Gasteiger partial charge in [-0.2, -0.15) is 0 Å². The molecular weight excluding hydrogens is 223 g/mol. The summed E-state index contributed by atoms with van der Waals surface area (Å²) >= 11 is 0. The summed E-state index contributed by atoms with van der Waals surface area (Å²) in [5, 5.41) is 9.07. The Morgan fingerprint density at radius 1 is 1.29 bits per heavy atom. The van der Waals surface area contributed by atoms with Crippen LogP contribution in [0.2, 0.25) is 0 Å². The minimum Gasteiger partial charge on any atom is -0.478 e. The van der Waals surface area contributed by atoms with Crippen LogP contribution in [0.3, 0.4) is 0 Å². The van der Waals surface area contributed by atoms with Crippen molar-refractivity contribution in [3.05, 3.63) is 29.6 Å². The fourth-order valence-corrected chi connectivity index (χ4v) is 2.04. The van der Waals surface area contributed by atoms with Crippen LogP contribution in [0, 0.1) is 5.82 Å². The number of carbonyl (C=O) groups is 1. The van der Waals surface area contributed by atoms with Crippen LogP contribution >= 0.6 is 0 Å². The molecule has 0 radical (unpaired) electrons. The summed E-state index contributed by atoms with van der Waals surface area (Å²) < 4.78 is 13.8. The van der Waals surface area contributed by atoms with Gasteiger partial charge in [-0.1, -0.05) is 6.07 Å². The Labute approximate surface area is 99.3 Å². The molecule has 0 spiro atoms. The van der Waals surface area contributed by atoms with Crippen molar-refractivity contribution in [2.24, 2.45) is 0 Å². The molecule has 0 atom stereocenters. The summed E-state index contributed by atoms with van der Waals surface area (Å²) in [6, 6.07) is 4.18. The fourth-order valence-electron chi connectivity index (χ4n) is 2.04.